The molecule has 1 saturated carbocycles. The van der Waals surface area contributed by atoms with E-state index in [0.717, 1.165) is 18.6 Å². The van der Waals surface area contributed by atoms with E-state index < -0.39 is 0 Å². The molecule has 4 heteroatoms. The van der Waals surface area contributed by atoms with Crippen molar-refractivity contribution in [1.29, 1.82) is 0 Å². The van der Waals surface area contributed by atoms with Gasteiger partial charge in [0.1, 0.15) is 0 Å². The van der Waals surface area contributed by atoms with E-state index in [1.165, 1.54) is 51.9 Å². The molecule has 2 heterocycles. The second-order valence-electron chi connectivity index (χ2n) is 6.73. The van der Waals surface area contributed by atoms with E-state index in [1.54, 1.807) is 0 Å². The van der Waals surface area contributed by atoms with Crippen LogP contribution >= 0.6 is 0 Å². The Morgan fingerprint density at radius 2 is 2.00 bits per heavy atom. The highest BCUT2D eigenvalue weighted by molar-refractivity contribution is 5.05. The van der Waals surface area contributed by atoms with Gasteiger partial charge in [-0.2, -0.15) is 0 Å². The van der Waals surface area contributed by atoms with Crippen molar-refractivity contribution < 1.29 is 0 Å². The van der Waals surface area contributed by atoms with Gasteiger partial charge in [0.2, 0.25) is 0 Å². The summed E-state index contributed by atoms with van der Waals surface area (Å²) in [4.78, 5) is 7.76. The van der Waals surface area contributed by atoms with Crippen molar-refractivity contribution in [3.63, 3.8) is 0 Å². The second-order valence-corrected chi connectivity index (χ2v) is 6.73. The molecule has 2 N–H and O–H groups in total. The van der Waals surface area contributed by atoms with Crippen LogP contribution in [0.15, 0.2) is 0 Å². The van der Waals surface area contributed by atoms with E-state index in [0.29, 0.717) is 0 Å². The smallest absolute Gasteiger partial charge is 0.0471 e. The summed E-state index contributed by atoms with van der Waals surface area (Å²) in [5, 5.41) is 0. The van der Waals surface area contributed by atoms with Crippen LogP contribution in [-0.2, 0) is 0 Å². The number of hydrogen-bond acceptors (Lipinski definition) is 4. The van der Waals surface area contributed by atoms with E-state index in [9.17, 15) is 0 Å². The van der Waals surface area contributed by atoms with Gasteiger partial charge in [0.25, 0.3) is 0 Å². The Labute approximate surface area is 111 Å². The summed E-state index contributed by atoms with van der Waals surface area (Å²) in [5.41, 5.74) is 6.46. The molecule has 4 nitrogen and oxygen atoms in total. The molecule has 0 bridgehead atoms. The molecule has 0 amide bonds. The SMILES string of the molecule is CN(C)C1CCN(C2(CN)CCN(C3CC3)C2)C1. The third-order valence-corrected chi connectivity index (χ3v) is 5.37. The zero-order chi connectivity index (χ0) is 12.8. The van der Waals surface area contributed by atoms with E-state index in [-0.39, 0.29) is 5.54 Å². The van der Waals surface area contributed by atoms with Crippen LogP contribution in [0, 0.1) is 0 Å². The molecule has 0 aromatic heterocycles. The molecule has 0 radical (unpaired) electrons. The molecule has 2 atom stereocenters. The Balaban J connectivity index is 1.65. The first-order chi connectivity index (χ1) is 8.64. The third kappa shape index (κ3) is 2.20. The van der Waals surface area contributed by atoms with Crippen LogP contribution < -0.4 is 5.73 Å². The summed E-state index contributed by atoms with van der Waals surface area (Å²) in [5.74, 6) is 0. The molecule has 3 aliphatic rings. The van der Waals surface area contributed by atoms with Gasteiger partial charge < -0.3 is 10.6 Å². The van der Waals surface area contributed by atoms with Gasteiger partial charge in [-0.25, -0.2) is 0 Å². The van der Waals surface area contributed by atoms with Gasteiger partial charge in [0, 0.05) is 50.3 Å². The average molecular weight is 252 g/mol. The molecule has 0 spiro atoms. The summed E-state index contributed by atoms with van der Waals surface area (Å²) >= 11 is 0. The van der Waals surface area contributed by atoms with Crippen molar-refractivity contribution in [2.75, 3.05) is 46.8 Å². The lowest BCUT2D eigenvalue weighted by atomic mass is 9.96. The monoisotopic (exact) mass is 252 g/mol. The standard InChI is InChI=1S/C14H28N4/c1-16(2)13-5-7-18(9-13)14(10-15)6-8-17(11-14)12-3-4-12/h12-13H,3-11,15H2,1-2H3. The fourth-order valence-corrected chi connectivity index (χ4v) is 3.79. The van der Waals surface area contributed by atoms with Crippen LogP contribution in [0.2, 0.25) is 0 Å². The minimum Gasteiger partial charge on any atom is -0.329 e. The Hall–Kier alpha value is -0.160. The lowest BCUT2D eigenvalue weighted by Gasteiger charge is -2.38. The first-order valence-corrected chi connectivity index (χ1v) is 7.50. The van der Waals surface area contributed by atoms with E-state index in [1.807, 2.05) is 0 Å². The van der Waals surface area contributed by atoms with Crippen LogP contribution in [0.25, 0.3) is 0 Å². The maximum absolute atomic E-state index is 6.17. The molecule has 18 heavy (non-hydrogen) atoms. The highest BCUT2D eigenvalue weighted by Crippen LogP contribution is 2.37. The molecule has 0 aromatic rings. The Bertz CT molecular complexity index is 302. The summed E-state index contributed by atoms with van der Waals surface area (Å²) in [7, 11) is 4.41. The number of nitrogens with zero attached hydrogens (tertiary/aromatic N) is 3. The summed E-state index contributed by atoms with van der Waals surface area (Å²) in [6.07, 6.45) is 5.42. The van der Waals surface area contributed by atoms with Gasteiger partial charge in [0.05, 0.1) is 0 Å². The van der Waals surface area contributed by atoms with Gasteiger partial charge in [-0.15, -0.1) is 0 Å². The lowest BCUT2D eigenvalue weighted by Crippen LogP contribution is -2.55. The Morgan fingerprint density at radius 1 is 1.22 bits per heavy atom. The lowest BCUT2D eigenvalue weighted by molar-refractivity contribution is 0.117. The van der Waals surface area contributed by atoms with Gasteiger partial charge in [-0.1, -0.05) is 0 Å². The molecule has 2 aliphatic heterocycles. The van der Waals surface area contributed by atoms with Crippen LogP contribution in [0.3, 0.4) is 0 Å². The summed E-state index contributed by atoms with van der Waals surface area (Å²) < 4.78 is 0. The fraction of sp³-hybridized carbons (Fsp3) is 1.00. The number of nitrogens with two attached hydrogens (primary N) is 1. The van der Waals surface area contributed by atoms with Crippen molar-refractivity contribution in [3.8, 4) is 0 Å². The quantitative estimate of drug-likeness (QED) is 0.775. The first-order valence-electron chi connectivity index (χ1n) is 7.50. The normalized spacial score (nSPS) is 39.0. The fourth-order valence-electron chi connectivity index (χ4n) is 3.79. The summed E-state index contributed by atoms with van der Waals surface area (Å²) in [6.45, 7) is 5.76. The molecule has 3 fully saturated rings. The van der Waals surface area contributed by atoms with Crippen LogP contribution in [0.1, 0.15) is 25.7 Å². The largest absolute Gasteiger partial charge is 0.329 e. The molecule has 0 aromatic carbocycles. The van der Waals surface area contributed by atoms with Crippen molar-refractivity contribution in [2.45, 2.75) is 43.3 Å². The van der Waals surface area contributed by atoms with Crippen LogP contribution in [-0.4, -0.2) is 79.1 Å². The third-order valence-electron chi connectivity index (χ3n) is 5.37. The Kier molecular flexibility index (Phi) is 3.39. The molecular formula is C14H28N4. The molecule has 3 rings (SSSR count). The van der Waals surface area contributed by atoms with Gasteiger partial charge >= 0.3 is 0 Å². The molecule has 1 aliphatic carbocycles. The summed E-state index contributed by atoms with van der Waals surface area (Å²) in [6, 6.07) is 1.62. The average Bonchev–Trinajstić information content (AvgIpc) is 2.94. The highest BCUT2D eigenvalue weighted by atomic mass is 15.3. The van der Waals surface area contributed by atoms with E-state index in [2.05, 4.69) is 28.8 Å². The van der Waals surface area contributed by atoms with Gasteiger partial charge in [-0.05, 0) is 39.8 Å². The molecule has 2 unspecified atom stereocenters. The maximum atomic E-state index is 6.17. The van der Waals surface area contributed by atoms with Crippen molar-refractivity contribution in [2.24, 2.45) is 5.73 Å². The predicted octanol–water partition coefficient (Wildman–Crippen LogP) is 0.188. The zero-order valence-corrected chi connectivity index (χ0v) is 11.9. The van der Waals surface area contributed by atoms with E-state index in [4.69, 9.17) is 5.73 Å². The van der Waals surface area contributed by atoms with Crippen LogP contribution in [0.4, 0.5) is 0 Å². The maximum Gasteiger partial charge on any atom is 0.0471 e. The number of likely N-dealkylation sites (N-methyl/N-ethyl adjacent to an activating group) is 1. The number of rotatable bonds is 4. The van der Waals surface area contributed by atoms with Gasteiger partial charge in [-0.3, -0.25) is 9.80 Å². The van der Waals surface area contributed by atoms with Crippen molar-refractivity contribution in [3.05, 3.63) is 0 Å². The second kappa shape index (κ2) is 4.75. The molecule has 2 saturated heterocycles. The number of likely N-dealkylation sites (tertiary alicyclic amines) is 2. The number of hydrogen-bond donors (Lipinski definition) is 1. The minimum absolute atomic E-state index is 0.285. The minimum atomic E-state index is 0.285. The molecule has 104 valence electrons. The topological polar surface area (TPSA) is 35.7 Å². The highest BCUT2D eigenvalue weighted by Gasteiger charge is 2.47. The van der Waals surface area contributed by atoms with Crippen LogP contribution in [0.5, 0.6) is 0 Å². The zero-order valence-electron chi connectivity index (χ0n) is 11.9. The first kappa shape index (κ1) is 12.9. The Morgan fingerprint density at radius 3 is 2.56 bits per heavy atom. The molecular weight excluding hydrogens is 224 g/mol. The van der Waals surface area contributed by atoms with Gasteiger partial charge in [0.15, 0.2) is 0 Å². The predicted molar refractivity (Wildman–Crippen MR) is 74.7 cm³/mol. The van der Waals surface area contributed by atoms with Crippen molar-refractivity contribution >= 4 is 0 Å². The van der Waals surface area contributed by atoms with E-state index >= 15 is 0 Å². The van der Waals surface area contributed by atoms with Crippen molar-refractivity contribution in [1.82, 2.24) is 14.7 Å².